The van der Waals surface area contributed by atoms with E-state index in [2.05, 4.69) is 9.56 Å². The van der Waals surface area contributed by atoms with Crippen molar-refractivity contribution in [1.82, 2.24) is 9.58 Å². The third-order valence-electron chi connectivity index (χ3n) is 6.82. The normalized spacial score (nSPS) is 19.7. The minimum Gasteiger partial charge on any atom is -0.497 e. The number of thioether (sulfide) groups is 1. The molecule has 1 aromatic heterocycles. The molecule has 3 aliphatic rings. The van der Waals surface area contributed by atoms with Gasteiger partial charge in [-0.2, -0.15) is 15.1 Å². The maximum absolute atomic E-state index is 13.0. The number of hydrogen-bond acceptors (Lipinski definition) is 6. The Bertz CT molecular complexity index is 1300. The molecule has 1 aromatic carbocycles. The predicted octanol–water partition coefficient (Wildman–Crippen LogP) is 5.31. The van der Waals surface area contributed by atoms with Gasteiger partial charge in [-0.15, -0.1) is 0 Å². The molecule has 2 aliphatic heterocycles. The molecule has 0 radical (unpaired) electrons. The number of carbonyl (C=O) groups excluding carboxylic acids is 1. The Balaban J connectivity index is 1.50. The molecule has 35 heavy (non-hydrogen) atoms. The first-order chi connectivity index (χ1) is 16.9. The Hall–Kier alpha value is -3.33. The molecule has 0 bridgehead atoms. The molecular formula is C26H29N5O3S. The highest BCUT2D eigenvalue weighted by Crippen LogP contribution is 2.37. The summed E-state index contributed by atoms with van der Waals surface area (Å²) in [6, 6.07) is 7.64. The summed E-state index contributed by atoms with van der Waals surface area (Å²) in [5.41, 5.74) is 3.80. The maximum Gasteiger partial charge on any atom is 0.283 e. The third kappa shape index (κ3) is 4.18. The Morgan fingerprint density at radius 3 is 2.60 bits per heavy atom. The molecule has 3 heterocycles. The highest BCUT2D eigenvalue weighted by molar-refractivity contribution is 8.27. The number of nitrogens with one attached hydrogen (secondary N) is 1. The molecule has 5 rings (SSSR count). The molecule has 182 valence electrons. The van der Waals surface area contributed by atoms with E-state index in [9.17, 15) is 4.79 Å². The number of nitrogens with zero attached hydrogens (tertiary/aromatic N) is 4. The van der Waals surface area contributed by atoms with Crippen LogP contribution in [0.1, 0.15) is 49.1 Å². The van der Waals surface area contributed by atoms with Crippen molar-refractivity contribution in [1.29, 1.82) is 5.41 Å². The summed E-state index contributed by atoms with van der Waals surface area (Å²) in [6.45, 7) is 3.98. The zero-order chi connectivity index (χ0) is 24.7. The number of carbonyl (C=O) groups is 1. The third-order valence-corrected chi connectivity index (χ3v) is 7.89. The molecule has 1 fully saturated rings. The zero-order valence-corrected chi connectivity index (χ0v) is 21.2. The molecule has 0 spiro atoms. The predicted molar refractivity (Wildman–Crippen MR) is 140 cm³/mol. The summed E-state index contributed by atoms with van der Waals surface area (Å²) < 4.78 is 13.1. The van der Waals surface area contributed by atoms with Gasteiger partial charge in [-0.3, -0.25) is 10.2 Å². The minimum absolute atomic E-state index is 0.0714. The number of aryl methyl sites for hydroxylation is 1. The summed E-state index contributed by atoms with van der Waals surface area (Å²) in [5.74, 6) is 1.49. The van der Waals surface area contributed by atoms with Crippen LogP contribution in [0.3, 0.4) is 0 Å². The fraction of sp³-hybridized carbons (Fsp3) is 0.385. The summed E-state index contributed by atoms with van der Waals surface area (Å²) in [4.78, 5) is 17.2. The van der Waals surface area contributed by atoms with Gasteiger partial charge in [0.1, 0.15) is 16.5 Å². The van der Waals surface area contributed by atoms with Crippen LogP contribution in [-0.2, 0) is 4.79 Å². The fourth-order valence-electron chi connectivity index (χ4n) is 4.95. The van der Waals surface area contributed by atoms with E-state index >= 15 is 0 Å². The first-order valence-corrected chi connectivity index (χ1v) is 12.6. The lowest BCUT2D eigenvalue weighted by Gasteiger charge is -2.20. The largest absolute Gasteiger partial charge is 0.497 e. The van der Waals surface area contributed by atoms with Gasteiger partial charge in [0.25, 0.3) is 5.91 Å². The molecule has 0 atom stereocenters. The Labute approximate surface area is 209 Å². The number of ether oxygens (including phenoxy) is 2. The van der Waals surface area contributed by atoms with Crippen LogP contribution >= 0.6 is 11.8 Å². The van der Waals surface area contributed by atoms with Gasteiger partial charge in [0, 0.05) is 23.4 Å². The van der Waals surface area contributed by atoms with E-state index < -0.39 is 5.91 Å². The van der Waals surface area contributed by atoms with Crippen molar-refractivity contribution in [2.24, 2.45) is 16.0 Å². The van der Waals surface area contributed by atoms with E-state index in [4.69, 9.17) is 20.0 Å². The number of amides is 1. The van der Waals surface area contributed by atoms with Crippen LogP contribution in [0.5, 0.6) is 11.5 Å². The lowest BCUT2D eigenvalue weighted by Crippen LogP contribution is -2.35. The number of methoxy groups -OCH3 is 2. The van der Waals surface area contributed by atoms with Crippen molar-refractivity contribution in [2.75, 3.05) is 14.2 Å². The second-order valence-corrected chi connectivity index (χ2v) is 9.98. The van der Waals surface area contributed by atoms with Gasteiger partial charge < -0.3 is 14.0 Å². The van der Waals surface area contributed by atoms with E-state index in [1.165, 1.54) is 36.0 Å². The van der Waals surface area contributed by atoms with E-state index in [-0.39, 0.29) is 11.4 Å². The number of rotatable bonds is 5. The molecule has 9 heteroatoms. The SMILES string of the molecule is COc1ccc(OC)c(-n2c(C)cc(C=C3C(=N)N4N=C(C5CCCCC5)SC4=NC3=O)c2C)c1. The van der Waals surface area contributed by atoms with Gasteiger partial charge in [-0.1, -0.05) is 19.3 Å². The lowest BCUT2D eigenvalue weighted by atomic mass is 9.90. The van der Waals surface area contributed by atoms with Gasteiger partial charge in [-0.05, 0) is 68.3 Å². The summed E-state index contributed by atoms with van der Waals surface area (Å²) >= 11 is 1.44. The van der Waals surface area contributed by atoms with Crippen LogP contribution in [0.2, 0.25) is 0 Å². The summed E-state index contributed by atoms with van der Waals surface area (Å²) in [5, 5.41) is 16.5. The van der Waals surface area contributed by atoms with Gasteiger partial charge in [-0.25, -0.2) is 0 Å². The number of amidine groups is 2. The second kappa shape index (κ2) is 9.37. The zero-order valence-electron chi connectivity index (χ0n) is 20.4. The quantitative estimate of drug-likeness (QED) is 0.572. The molecule has 8 nitrogen and oxygen atoms in total. The second-order valence-electron chi connectivity index (χ2n) is 8.99. The monoisotopic (exact) mass is 491 g/mol. The van der Waals surface area contributed by atoms with E-state index in [0.717, 1.165) is 46.3 Å². The average Bonchev–Trinajstić information content (AvgIpc) is 3.42. The molecule has 1 N–H and O–H groups in total. The van der Waals surface area contributed by atoms with E-state index in [1.807, 2.05) is 38.1 Å². The van der Waals surface area contributed by atoms with Gasteiger partial charge in [0.15, 0.2) is 5.84 Å². The maximum atomic E-state index is 13.0. The smallest absolute Gasteiger partial charge is 0.283 e. The molecule has 2 aromatic rings. The van der Waals surface area contributed by atoms with Crippen LogP contribution in [0.4, 0.5) is 0 Å². The highest BCUT2D eigenvalue weighted by atomic mass is 32.2. The van der Waals surface area contributed by atoms with Crippen LogP contribution in [0, 0.1) is 25.2 Å². The Morgan fingerprint density at radius 2 is 1.89 bits per heavy atom. The standard InChI is InChI=1S/C26H29N5O3S/c1-15-12-18(16(2)30(15)21-14-19(33-3)10-11-22(21)34-4)13-20-23(27)31-26(28-24(20)32)35-25(29-31)17-8-6-5-7-9-17/h10-14,17,27H,5-9H2,1-4H3. The van der Waals surface area contributed by atoms with Gasteiger partial charge in [0.05, 0.1) is 25.5 Å². The Kier molecular flexibility index (Phi) is 6.27. The fourth-order valence-corrected chi connectivity index (χ4v) is 6.01. The number of aliphatic imine (C=N–C) groups is 1. The summed E-state index contributed by atoms with van der Waals surface area (Å²) in [7, 11) is 3.26. The molecule has 0 saturated heterocycles. The minimum atomic E-state index is -0.405. The number of hydrazone groups is 1. The van der Waals surface area contributed by atoms with Crippen LogP contribution in [-0.4, -0.2) is 45.7 Å². The van der Waals surface area contributed by atoms with Gasteiger partial charge in [0.2, 0.25) is 5.17 Å². The number of fused-ring (bicyclic) bond motifs is 1. The number of benzene rings is 1. The van der Waals surface area contributed by atoms with Crippen LogP contribution in [0.25, 0.3) is 11.8 Å². The van der Waals surface area contributed by atoms with E-state index in [0.29, 0.717) is 16.8 Å². The average molecular weight is 492 g/mol. The molecule has 1 saturated carbocycles. The molecule has 0 unspecified atom stereocenters. The number of aromatic nitrogens is 1. The lowest BCUT2D eigenvalue weighted by molar-refractivity contribution is -0.114. The van der Waals surface area contributed by atoms with Crippen LogP contribution < -0.4 is 9.47 Å². The Morgan fingerprint density at radius 1 is 1.11 bits per heavy atom. The van der Waals surface area contributed by atoms with Crippen molar-refractivity contribution in [3.63, 3.8) is 0 Å². The van der Waals surface area contributed by atoms with Crippen molar-refractivity contribution >= 4 is 39.8 Å². The topological polar surface area (TPSA) is 92.3 Å². The summed E-state index contributed by atoms with van der Waals surface area (Å²) in [6.07, 6.45) is 7.63. The molecule has 1 amide bonds. The number of hydrogen-bond donors (Lipinski definition) is 1. The van der Waals surface area contributed by atoms with Crippen molar-refractivity contribution in [3.05, 3.63) is 46.8 Å². The van der Waals surface area contributed by atoms with Crippen molar-refractivity contribution in [2.45, 2.75) is 46.0 Å². The van der Waals surface area contributed by atoms with Crippen molar-refractivity contribution < 1.29 is 14.3 Å². The van der Waals surface area contributed by atoms with Crippen LogP contribution in [0.15, 0.2) is 39.9 Å². The molecular weight excluding hydrogens is 462 g/mol. The van der Waals surface area contributed by atoms with E-state index in [1.54, 1.807) is 20.3 Å². The first kappa shape index (κ1) is 23.4. The first-order valence-electron chi connectivity index (χ1n) is 11.8. The highest BCUT2D eigenvalue weighted by Gasteiger charge is 2.38. The molecule has 1 aliphatic carbocycles. The van der Waals surface area contributed by atoms with Gasteiger partial charge >= 0.3 is 0 Å². The van der Waals surface area contributed by atoms with Crippen molar-refractivity contribution in [3.8, 4) is 17.2 Å².